The second-order valence-electron chi connectivity index (χ2n) is 5.87. The molecule has 0 bridgehead atoms. The van der Waals surface area contributed by atoms with Crippen molar-refractivity contribution in [2.45, 2.75) is 12.6 Å². The molecular weight excluding hydrogens is 343 g/mol. The van der Waals surface area contributed by atoms with E-state index in [1.807, 2.05) is 24.3 Å². The Morgan fingerprint density at radius 1 is 0.962 bits per heavy atom. The molecule has 0 fully saturated rings. The van der Waals surface area contributed by atoms with Gasteiger partial charge in [0.1, 0.15) is 5.52 Å². The van der Waals surface area contributed by atoms with E-state index < -0.39 is 11.7 Å². The van der Waals surface area contributed by atoms with Gasteiger partial charge in [-0.05, 0) is 30.2 Å². The first kappa shape index (κ1) is 16.3. The van der Waals surface area contributed by atoms with E-state index in [1.165, 1.54) is 12.1 Å². The van der Waals surface area contributed by atoms with Crippen molar-refractivity contribution in [1.29, 1.82) is 0 Å². The Labute approximate surface area is 146 Å². The number of fused-ring (bicyclic) bond motifs is 3. The molecule has 5 nitrogen and oxygen atoms in total. The molecule has 2 aromatic heterocycles. The topological polar surface area (TPSA) is 66.5 Å². The molecule has 0 spiro atoms. The standard InChI is InChI=1S/C18H14F3N5/c19-18(20,21)12-7-5-11(6-8-12)9-10-22-17-24-16-15(25-26-17)13-3-1-2-4-14(13)23-16/h1-8H,9-10H2,(H2,22,23,24,26). The third-order valence-corrected chi connectivity index (χ3v) is 4.10. The first-order valence-corrected chi connectivity index (χ1v) is 8.02. The lowest BCUT2D eigenvalue weighted by molar-refractivity contribution is -0.137. The van der Waals surface area contributed by atoms with Crippen molar-refractivity contribution in [2.75, 3.05) is 11.9 Å². The number of aromatic amines is 1. The minimum atomic E-state index is -4.31. The molecule has 8 heteroatoms. The summed E-state index contributed by atoms with van der Waals surface area (Å²) in [6, 6.07) is 12.9. The maximum Gasteiger partial charge on any atom is 0.416 e. The number of hydrogen-bond donors (Lipinski definition) is 2. The fourth-order valence-corrected chi connectivity index (χ4v) is 2.77. The highest BCUT2D eigenvalue weighted by molar-refractivity contribution is 6.03. The Morgan fingerprint density at radius 2 is 1.73 bits per heavy atom. The fourth-order valence-electron chi connectivity index (χ4n) is 2.77. The van der Waals surface area contributed by atoms with Gasteiger partial charge in [-0.25, -0.2) is 0 Å². The zero-order valence-electron chi connectivity index (χ0n) is 13.5. The van der Waals surface area contributed by atoms with Crippen molar-refractivity contribution in [2.24, 2.45) is 0 Å². The third-order valence-electron chi connectivity index (χ3n) is 4.10. The minimum absolute atomic E-state index is 0.371. The summed E-state index contributed by atoms with van der Waals surface area (Å²) in [6.45, 7) is 0.485. The smallest absolute Gasteiger partial charge is 0.353 e. The van der Waals surface area contributed by atoms with Crippen LogP contribution in [0.2, 0.25) is 0 Å². The van der Waals surface area contributed by atoms with Crippen molar-refractivity contribution in [3.8, 4) is 0 Å². The zero-order chi connectivity index (χ0) is 18.1. The SMILES string of the molecule is FC(F)(F)c1ccc(CCNc2nnc3c(n2)[nH]c2ccccc23)cc1. The summed E-state index contributed by atoms with van der Waals surface area (Å²) in [5, 5.41) is 12.3. The molecule has 2 heterocycles. The van der Waals surface area contributed by atoms with Crippen LogP contribution in [0, 0.1) is 0 Å². The Morgan fingerprint density at radius 3 is 2.50 bits per heavy atom. The van der Waals surface area contributed by atoms with Gasteiger partial charge in [0.05, 0.1) is 5.56 Å². The van der Waals surface area contributed by atoms with Crippen LogP contribution in [0.5, 0.6) is 0 Å². The number of aromatic nitrogens is 4. The van der Waals surface area contributed by atoms with Gasteiger partial charge in [-0.3, -0.25) is 0 Å². The van der Waals surface area contributed by atoms with Crippen LogP contribution >= 0.6 is 0 Å². The van der Waals surface area contributed by atoms with Crippen LogP contribution in [0.1, 0.15) is 11.1 Å². The molecule has 0 aliphatic heterocycles. The predicted molar refractivity (Wildman–Crippen MR) is 92.8 cm³/mol. The van der Waals surface area contributed by atoms with Gasteiger partial charge in [-0.15, -0.1) is 10.2 Å². The molecule has 4 aromatic rings. The second-order valence-corrected chi connectivity index (χ2v) is 5.87. The summed E-state index contributed by atoms with van der Waals surface area (Å²) < 4.78 is 37.7. The van der Waals surface area contributed by atoms with E-state index >= 15 is 0 Å². The quantitative estimate of drug-likeness (QED) is 0.575. The van der Waals surface area contributed by atoms with E-state index in [4.69, 9.17) is 0 Å². The highest BCUT2D eigenvalue weighted by atomic mass is 19.4. The summed E-state index contributed by atoms with van der Waals surface area (Å²) in [5.74, 6) is 0.371. The molecule has 0 amide bonds. The lowest BCUT2D eigenvalue weighted by atomic mass is 10.1. The number of halogens is 3. The second kappa shape index (κ2) is 6.29. The van der Waals surface area contributed by atoms with Crippen LogP contribution in [0.15, 0.2) is 48.5 Å². The molecule has 0 saturated heterocycles. The van der Waals surface area contributed by atoms with Crippen molar-refractivity contribution in [1.82, 2.24) is 20.2 Å². The molecule has 4 rings (SSSR count). The number of alkyl halides is 3. The number of nitrogens with zero attached hydrogens (tertiary/aromatic N) is 3. The Bertz CT molecular complexity index is 1050. The molecule has 0 radical (unpaired) electrons. The van der Waals surface area contributed by atoms with Crippen LogP contribution < -0.4 is 5.32 Å². The molecule has 2 N–H and O–H groups in total. The zero-order valence-corrected chi connectivity index (χ0v) is 13.5. The highest BCUT2D eigenvalue weighted by Crippen LogP contribution is 2.29. The van der Waals surface area contributed by atoms with Gasteiger partial charge in [0, 0.05) is 17.4 Å². The molecule has 0 atom stereocenters. The molecular formula is C18H14F3N5. The van der Waals surface area contributed by atoms with E-state index in [0.29, 0.717) is 30.1 Å². The van der Waals surface area contributed by atoms with E-state index in [9.17, 15) is 13.2 Å². The molecule has 2 aromatic carbocycles. The first-order valence-electron chi connectivity index (χ1n) is 8.02. The maximum absolute atomic E-state index is 12.6. The van der Waals surface area contributed by atoms with E-state index in [0.717, 1.165) is 28.6 Å². The maximum atomic E-state index is 12.6. The van der Waals surface area contributed by atoms with Gasteiger partial charge in [-0.2, -0.15) is 18.2 Å². The Balaban J connectivity index is 1.44. The van der Waals surface area contributed by atoms with E-state index in [-0.39, 0.29) is 0 Å². The predicted octanol–water partition coefficient (Wildman–Crippen LogP) is 4.18. The average Bonchev–Trinajstić information content (AvgIpc) is 2.99. The largest absolute Gasteiger partial charge is 0.416 e. The lowest BCUT2D eigenvalue weighted by Gasteiger charge is -2.08. The Kier molecular flexibility index (Phi) is 3.95. The van der Waals surface area contributed by atoms with Gasteiger partial charge in [0.25, 0.3) is 0 Å². The number of rotatable bonds is 4. The van der Waals surface area contributed by atoms with E-state index in [2.05, 4.69) is 25.5 Å². The lowest BCUT2D eigenvalue weighted by Crippen LogP contribution is -2.09. The number of nitrogens with one attached hydrogen (secondary N) is 2. The number of H-pyrrole nitrogens is 1. The van der Waals surface area contributed by atoms with Gasteiger partial charge in [-0.1, -0.05) is 30.3 Å². The highest BCUT2D eigenvalue weighted by Gasteiger charge is 2.29. The summed E-state index contributed by atoms with van der Waals surface area (Å²) in [4.78, 5) is 7.59. The van der Waals surface area contributed by atoms with Crippen LogP contribution in [0.25, 0.3) is 22.1 Å². The van der Waals surface area contributed by atoms with Crippen molar-refractivity contribution in [3.05, 3.63) is 59.7 Å². The third kappa shape index (κ3) is 3.17. The minimum Gasteiger partial charge on any atom is -0.353 e. The summed E-state index contributed by atoms with van der Waals surface area (Å²) in [6.07, 6.45) is -3.77. The Hall–Kier alpha value is -3.16. The monoisotopic (exact) mass is 357 g/mol. The average molecular weight is 357 g/mol. The summed E-state index contributed by atoms with van der Waals surface area (Å²) in [5.41, 5.74) is 2.43. The molecule has 0 unspecified atom stereocenters. The summed E-state index contributed by atoms with van der Waals surface area (Å²) >= 11 is 0. The number of hydrogen-bond acceptors (Lipinski definition) is 4. The van der Waals surface area contributed by atoms with E-state index in [1.54, 1.807) is 0 Å². The van der Waals surface area contributed by atoms with Gasteiger partial charge < -0.3 is 10.3 Å². The molecule has 132 valence electrons. The number of benzene rings is 2. The number of para-hydroxylation sites is 1. The van der Waals surface area contributed by atoms with Gasteiger partial charge in [0.2, 0.25) is 5.95 Å². The van der Waals surface area contributed by atoms with Crippen molar-refractivity contribution >= 4 is 28.0 Å². The molecule has 26 heavy (non-hydrogen) atoms. The van der Waals surface area contributed by atoms with Crippen LogP contribution in [-0.4, -0.2) is 26.7 Å². The summed E-state index contributed by atoms with van der Waals surface area (Å²) in [7, 11) is 0. The molecule has 0 aliphatic rings. The van der Waals surface area contributed by atoms with Crippen molar-refractivity contribution in [3.63, 3.8) is 0 Å². The van der Waals surface area contributed by atoms with Crippen LogP contribution in [-0.2, 0) is 12.6 Å². The van der Waals surface area contributed by atoms with Crippen molar-refractivity contribution < 1.29 is 13.2 Å². The molecule has 0 saturated carbocycles. The normalized spacial score (nSPS) is 12.0. The number of anilines is 1. The van der Waals surface area contributed by atoms with Crippen LogP contribution in [0.3, 0.4) is 0 Å². The van der Waals surface area contributed by atoms with Gasteiger partial charge in [0.15, 0.2) is 5.65 Å². The fraction of sp³-hybridized carbons (Fsp3) is 0.167. The van der Waals surface area contributed by atoms with Crippen LogP contribution in [0.4, 0.5) is 19.1 Å². The first-order chi connectivity index (χ1) is 12.5. The van der Waals surface area contributed by atoms with Gasteiger partial charge >= 0.3 is 6.18 Å². The molecule has 0 aliphatic carbocycles.